The van der Waals surface area contributed by atoms with E-state index in [1.165, 1.54) is 0 Å². The number of hydrogen-bond donors (Lipinski definition) is 1. The van der Waals surface area contributed by atoms with Crippen molar-refractivity contribution in [3.63, 3.8) is 0 Å². The highest BCUT2D eigenvalue weighted by Gasteiger charge is 2.46. The summed E-state index contributed by atoms with van der Waals surface area (Å²) in [6, 6.07) is 0.458. The minimum Gasteiger partial charge on any atom is -0.462 e. The highest BCUT2D eigenvalue weighted by Crippen LogP contribution is 2.39. The first-order valence-corrected chi connectivity index (χ1v) is 17.2. The first kappa shape index (κ1) is 33.7. The number of cyclic esters (lactones) is 2. The first-order chi connectivity index (χ1) is 20.1. The molecule has 42 heavy (non-hydrogen) atoms. The summed E-state index contributed by atoms with van der Waals surface area (Å²) < 4.78 is 32.1. The fraction of sp³-hybridized carbons (Fsp3) is 0.941. The number of ether oxygens (including phenoxy) is 5. The van der Waals surface area contributed by atoms with E-state index in [1.54, 1.807) is 0 Å². The molecule has 4 fully saturated rings. The van der Waals surface area contributed by atoms with Crippen LogP contribution in [0.15, 0.2) is 0 Å². The quantitative estimate of drug-likeness (QED) is 0.327. The van der Waals surface area contributed by atoms with Gasteiger partial charge in [-0.05, 0) is 78.7 Å². The van der Waals surface area contributed by atoms with E-state index in [9.17, 15) is 9.59 Å². The van der Waals surface area contributed by atoms with Gasteiger partial charge < -0.3 is 29.0 Å². The minimum atomic E-state index is -0.364. The molecule has 4 aliphatic heterocycles. The van der Waals surface area contributed by atoms with Crippen molar-refractivity contribution in [2.45, 2.75) is 173 Å². The Morgan fingerprint density at radius 2 is 1.45 bits per heavy atom. The van der Waals surface area contributed by atoms with Crippen LogP contribution in [0.25, 0.3) is 0 Å². The number of fused-ring (bicyclic) bond motifs is 4. The summed E-state index contributed by atoms with van der Waals surface area (Å²) in [6.45, 7) is 12.5. The second-order valence-corrected chi connectivity index (χ2v) is 13.8. The molecule has 13 atom stereocenters. The van der Waals surface area contributed by atoms with Gasteiger partial charge in [-0.1, -0.05) is 40.5 Å². The Morgan fingerprint density at radius 3 is 2.14 bits per heavy atom. The van der Waals surface area contributed by atoms with Gasteiger partial charge in [-0.3, -0.25) is 9.59 Å². The van der Waals surface area contributed by atoms with Crippen LogP contribution in [0.5, 0.6) is 0 Å². The van der Waals surface area contributed by atoms with Crippen molar-refractivity contribution in [3.05, 3.63) is 0 Å². The molecule has 8 nitrogen and oxygen atoms in total. The Bertz CT molecular complexity index is 869. The molecular weight excluding hydrogens is 534 g/mol. The van der Waals surface area contributed by atoms with Crippen LogP contribution in [0.1, 0.15) is 119 Å². The van der Waals surface area contributed by atoms with Gasteiger partial charge in [-0.15, -0.1) is 0 Å². The summed E-state index contributed by atoms with van der Waals surface area (Å²) in [6.07, 6.45) is 10.3. The minimum absolute atomic E-state index is 0.0171. The lowest BCUT2D eigenvalue weighted by atomic mass is 9.84. The van der Waals surface area contributed by atoms with Crippen LogP contribution >= 0.6 is 0 Å². The standard InChI is InChI=1S/C34H59NO7/c1-8-10-24(35-7)18-26-12-14-28(38-26)20(3)32-21(4)29-16-17-31(41-29)23(6)33(36)40-25(11-9-2)19-27-13-15-30(39-27)22(5)34(37)42-32/h20-32,35H,8-19H2,1-7H3/t20-,21-,22+,23-,24-,25+,26+,27+,28-,29+,30-,31-,32+/m1/s1. The molecule has 0 saturated carbocycles. The monoisotopic (exact) mass is 593 g/mol. The van der Waals surface area contributed by atoms with Crippen LogP contribution in [0.3, 0.4) is 0 Å². The highest BCUT2D eigenvalue weighted by atomic mass is 16.6. The summed E-state index contributed by atoms with van der Waals surface area (Å²) in [7, 11) is 2.03. The molecule has 4 saturated heterocycles. The van der Waals surface area contributed by atoms with Crippen molar-refractivity contribution in [3.8, 4) is 0 Å². The summed E-state index contributed by atoms with van der Waals surface area (Å²) in [5.74, 6) is -1.08. The van der Waals surface area contributed by atoms with E-state index in [-0.39, 0.29) is 84.4 Å². The molecule has 0 aromatic carbocycles. The predicted molar refractivity (Wildman–Crippen MR) is 162 cm³/mol. The van der Waals surface area contributed by atoms with Crippen LogP contribution in [-0.2, 0) is 33.3 Å². The number of hydrogen-bond acceptors (Lipinski definition) is 8. The van der Waals surface area contributed by atoms with E-state index in [0.29, 0.717) is 12.5 Å². The number of rotatable bonds is 9. The van der Waals surface area contributed by atoms with Gasteiger partial charge >= 0.3 is 11.9 Å². The molecule has 8 heteroatoms. The number of nitrogens with one attached hydrogen (secondary N) is 1. The van der Waals surface area contributed by atoms with Crippen molar-refractivity contribution in [2.24, 2.45) is 23.7 Å². The van der Waals surface area contributed by atoms with Crippen molar-refractivity contribution < 1.29 is 33.3 Å². The van der Waals surface area contributed by atoms with Gasteiger partial charge in [0.05, 0.1) is 48.5 Å². The second kappa shape index (κ2) is 15.7. The molecule has 4 bridgehead atoms. The lowest BCUT2D eigenvalue weighted by Gasteiger charge is -2.36. The zero-order valence-corrected chi connectivity index (χ0v) is 27.3. The normalized spacial score (nSPS) is 41.4. The summed E-state index contributed by atoms with van der Waals surface area (Å²) in [4.78, 5) is 26.9. The fourth-order valence-corrected chi connectivity index (χ4v) is 7.83. The highest BCUT2D eigenvalue weighted by molar-refractivity contribution is 5.73. The summed E-state index contributed by atoms with van der Waals surface area (Å²) >= 11 is 0. The third-order valence-electron chi connectivity index (χ3n) is 10.7. The maximum absolute atomic E-state index is 13.7. The van der Waals surface area contributed by atoms with Crippen molar-refractivity contribution in [2.75, 3.05) is 7.05 Å². The Morgan fingerprint density at radius 1 is 0.786 bits per heavy atom. The van der Waals surface area contributed by atoms with Crippen LogP contribution < -0.4 is 5.32 Å². The molecule has 0 radical (unpaired) electrons. The van der Waals surface area contributed by atoms with E-state index in [1.807, 2.05) is 20.9 Å². The molecule has 242 valence electrons. The average Bonchev–Trinajstić information content (AvgIpc) is 3.75. The first-order valence-electron chi connectivity index (χ1n) is 17.2. The SMILES string of the molecule is CCC[C@H](C[C@@H]1CC[C@H]([C@@H](C)[C@@H]2OC(=O)[C@@H](C)[C@H]3CC[C@@H](C[C@H](CCC)OC(=O)[C@H](C)[C@H]4CC[C@H](O4)[C@H]2C)O3)O1)NC. The molecule has 1 N–H and O–H groups in total. The number of carbonyl (C=O) groups is 2. The molecule has 0 amide bonds. The molecule has 0 aliphatic carbocycles. The molecule has 0 spiro atoms. The summed E-state index contributed by atoms with van der Waals surface area (Å²) in [5.41, 5.74) is 0. The second-order valence-electron chi connectivity index (χ2n) is 13.8. The Balaban J connectivity index is 1.51. The average molecular weight is 594 g/mol. The van der Waals surface area contributed by atoms with Crippen molar-refractivity contribution >= 4 is 11.9 Å². The largest absolute Gasteiger partial charge is 0.462 e. The number of esters is 2. The van der Waals surface area contributed by atoms with Crippen LogP contribution in [0.4, 0.5) is 0 Å². The van der Waals surface area contributed by atoms with Gasteiger partial charge in [0.25, 0.3) is 0 Å². The lowest BCUT2D eigenvalue weighted by Crippen LogP contribution is -2.44. The van der Waals surface area contributed by atoms with Crippen LogP contribution in [-0.4, -0.2) is 73.9 Å². The maximum atomic E-state index is 13.7. The van der Waals surface area contributed by atoms with E-state index < -0.39 is 0 Å². The smallest absolute Gasteiger partial charge is 0.311 e. The molecular formula is C34H59NO7. The molecule has 4 aliphatic rings. The molecule has 4 heterocycles. The molecule has 0 aromatic rings. The van der Waals surface area contributed by atoms with Crippen molar-refractivity contribution in [1.82, 2.24) is 5.32 Å². The maximum Gasteiger partial charge on any atom is 0.311 e. The predicted octanol–water partition coefficient (Wildman–Crippen LogP) is 5.98. The van der Waals surface area contributed by atoms with Crippen LogP contribution in [0.2, 0.25) is 0 Å². The van der Waals surface area contributed by atoms with E-state index in [4.69, 9.17) is 23.7 Å². The van der Waals surface area contributed by atoms with E-state index >= 15 is 0 Å². The summed E-state index contributed by atoms with van der Waals surface area (Å²) in [5, 5.41) is 3.45. The Kier molecular flexibility index (Phi) is 12.6. The number of carbonyl (C=O) groups excluding carboxylic acids is 2. The zero-order chi connectivity index (χ0) is 30.4. The molecule has 4 rings (SSSR count). The molecule has 0 unspecified atom stereocenters. The van der Waals surface area contributed by atoms with Gasteiger partial charge in [-0.2, -0.15) is 0 Å². The van der Waals surface area contributed by atoms with Gasteiger partial charge in [0.15, 0.2) is 0 Å². The van der Waals surface area contributed by atoms with Crippen LogP contribution in [0, 0.1) is 23.7 Å². The van der Waals surface area contributed by atoms with Gasteiger partial charge in [0.2, 0.25) is 0 Å². The van der Waals surface area contributed by atoms with Gasteiger partial charge in [-0.25, -0.2) is 0 Å². The third-order valence-corrected chi connectivity index (χ3v) is 10.7. The van der Waals surface area contributed by atoms with Crippen molar-refractivity contribution in [1.29, 1.82) is 0 Å². The third kappa shape index (κ3) is 8.28. The van der Waals surface area contributed by atoms with Gasteiger partial charge in [0, 0.05) is 24.3 Å². The lowest BCUT2D eigenvalue weighted by molar-refractivity contribution is -0.175. The van der Waals surface area contributed by atoms with E-state index in [0.717, 1.165) is 70.6 Å². The zero-order valence-electron chi connectivity index (χ0n) is 27.3. The van der Waals surface area contributed by atoms with Gasteiger partial charge in [0.1, 0.15) is 12.2 Å². The molecule has 0 aromatic heterocycles. The Hall–Kier alpha value is -1.22. The topological polar surface area (TPSA) is 92.3 Å². The Labute approximate surface area is 254 Å². The van der Waals surface area contributed by atoms with E-state index in [2.05, 4.69) is 33.0 Å². The fourth-order valence-electron chi connectivity index (χ4n) is 7.83.